The number of nitrogens with two attached hydrogens (primary N) is 1. The molecule has 0 aromatic carbocycles. The Bertz CT molecular complexity index is 426. The Balaban J connectivity index is 2.48. The second-order valence-electron chi connectivity index (χ2n) is 2.47. The summed E-state index contributed by atoms with van der Waals surface area (Å²) >= 11 is 1.42. The number of aromatic amines is 1. The van der Waals surface area contributed by atoms with Crippen LogP contribution in [0.4, 0.5) is 5.95 Å². The number of rotatable bonds is 2. The smallest absolute Gasteiger partial charge is 0.224 e. The molecule has 2 aromatic heterocycles. The van der Waals surface area contributed by atoms with Crippen LogP contribution >= 0.6 is 11.8 Å². The first-order valence-corrected chi connectivity index (χ1v) is 5.07. The molecule has 0 aliphatic heterocycles. The second-order valence-corrected chi connectivity index (χ2v) is 3.25. The molecular formula is C7H8N6S. The minimum absolute atomic E-state index is 0.217. The standard InChI is InChI=1S/C7H8N6S/c1-14-7-11-5(10-6(8)12-7)4-2-3-9-13-4/h2-3H,1H3,(H,9,13)(H2,8,10,11,12). The quantitative estimate of drug-likeness (QED) is 0.700. The first-order valence-electron chi connectivity index (χ1n) is 3.85. The molecule has 2 aromatic rings. The van der Waals surface area contributed by atoms with Gasteiger partial charge < -0.3 is 5.73 Å². The maximum atomic E-state index is 5.53. The van der Waals surface area contributed by atoms with Crippen molar-refractivity contribution in [3.05, 3.63) is 12.3 Å². The van der Waals surface area contributed by atoms with Crippen LogP contribution in [0.3, 0.4) is 0 Å². The summed E-state index contributed by atoms with van der Waals surface area (Å²) in [6.45, 7) is 0. The van der Waals surface area contributed by atoms with Crippen molar-refractivity contribution in [1.82, 2.24) is 25.1 Å². The van der Waals surface area contributed by atoms with Gasteiger partial charge in [0.2, 0.25) is 5.95 Å². The van der Waals surface area contributed by atoms with Crippen molar-refractivity contribution in [2.75, 3.05) is 12.0 Å². The predicted octanol–water partition coefficient (Wildman–Crippen LogP) is 0.566. The largest absolute Gasteiger partial charge is 0.368 e. The Labute approximate surface area is 84.4 Å². The molecule has 0 bridgehead atoms. The summed E-state index contributed by atoms with van der Waals surface area (Å²) < 4.78 is 0. The number of aromatic nitrogens is 5. The van der Waals surface area contributed by atoms with Crippen molar-refractivity contribution in [3.8, 4) is 11.5 Å². The molecule has 0 saturated carbocycles. The SMILES string of the molecule is CSc1nc(N)nc(-c2ccn[nH]2)n1. The average Bonchev–Trinajstić information content (AvgIpc) is 2.69. The van der Waals surface area contributed by atoms with E-state index in [-0.39, 0.29) is 5.95 Å². The molecule has 14 heavy (non-hydrogen) atoms. The minimum Gasteiger partial charge on any atom is -0.368 e. The van der Waals surface area contributed by atoms with Gasteiger partial charge in [0.05, 0.1) is 0 Å². The highest BCUT2D eigenvalue weighted by Gasteiger charge is 2.06. The van der Waals surface area contributed by atoms with Gasteiger partial charge in [0.15, 0.2) is 11.0 Å². The normalized spacial score (nSPS) is 10.4. The van der Waals surface area contributed by atoms with E-state index >= 15 is 0 Å². The lowest BCUT2D eigenvalue weighted by Gasteiger charge is -1.99. The molecule has 2 heterocycles. The molecule has 7 heteroatoms. The summed E-state index contributed by atoms with van der Waals surface area (Å²) in [6, 6.07) is 1.78. The molecular weight excluding hydrogens is 200 g/mol. The number of thioether (sulfide) groups is 1. The number of nitrogens with one attached hydrogen (secondary N) is 1. The fourth-order valence-electron chi connectivity index (χ4n) is 0.964. The number of anilines is 1. The highest BCUT2D eigenvalue weighted by Crippen LogP contribution is 2.15. The molecule has 0 spiro atoms. The molecule has 0 fully saturated rings. The summed E-state index contributed by atoms with van der Waals surface area (Å²) in [7, 11) is 0. The fraction of sp³-hybridized carbons (Fsp3) is 0.143. The lowest BCUT2D eigenvalue weighted by Crippen LogP contribution is -2.01. The van der Waals surface area contributed by atoms with Crippen LogP contribution in [0.5, 0.6) is 0 Å². The van der Waals surface area contributed by atoms with Gasteiger partial charge in [-0.3, -0.25) is 5.10 Å². The molecule has 72 valence electrons. The van der Waals surface area contributed by atoms with Crippen LogP contribution in [0.25, 0.3) is 11.5 Å². The van der Waals surface area contributed by atoms with Gasteiger partial charge in [-0.2, -0.15) is 15.1 Å². The Hall–Kier alpha value is -1.63. The van der Waals surface area contributed by atoms with E-state index in [2.05, 4.69) is 25.1 Å². The van der Waals surface area contributed by atoms with Gasteiger partial charge in [-0.05, 0) is 12.3 Å². The van der Waals surface area contributed by atoms with E-state index in [1.54, 1.807) is 12.3 Å². The lowest BCUT2D eigenvalue weighted by atomic mass is 10.4. The molecule has 0 atom stereocenters. The van der Waals surface area contributed by atoms with Gasteiger partial charge in [-0.1, -0.05) is 11.8 Å². The lowest BCUT2D eigenvalue weighted by molar-refractivity contribution is 0.918. The third-order valence-electron chi connectivity index (χ3n) is 1.56. The summed E-state index contributed by atoms with van der Waals surface area (Å²) in [5.41, 5.74) is 6.26. The fourth-order valence-corrected chi connectivity index (χ4v) is 1.33. The molecule has 6 nitrogen and oxygen atoms in total. The Morgan fingerprint density at radius 3 is 2.86 bits per heavy atom. The molecule has 3 N–H and O–H groups in total. The predicted molar refractivity (Wildman–Crippen MR) is 53.6 cm³/mol. The van der Waals surface area contributed by atoms with E-state index in [0.29, 0.717) is 11.0 Å². The van der Waals surface area contributed by atoms with Crippen LogP contribution in [0.15, 0.2) is 17.4 Å². The molecule has 0 saturated heterocycles. The highest BCUT2D eigenvalue weighted by atomic mass is 32.2. The summed E-state index contributed by atoms with van der Waals surface area (Å²) in [5, 5.41) is 7.17. The Kier molecular flexibility index (Phi) is 2.32. The summed E-state index contributed by atoms with van der Waals surface area (Å²) in [6.07, 6.45) is 3.51. The maximum absolute atomic E-state index is 5.53. The van der Waals surface area contributed by atoms with Crippen molar-refractivity contribution in [1.29, 1.82) is 0 Å². The zero-order chi connectivity index (χ0) is 9.97. The second kappa shape index (κ2) is 3.62. The molecule has 0 unspecified atom stereocenters. The molecule has 0 amide bonds. The number of nitrogen functional groups attached to an aromatic ring is 1. The summed E-state index contributed by atoms with van der Waals surface area (Å²) in [5.74, 6) is 0.730. The summed E-state index contributed by atoms with van der Waals surface area (Å²) in [4.78, 5) is 12.1. The van der Waals surface area contributed by atoms with Gasteiger partial charge in [0.1, 0.15) is 5.69 Å². The van der Waals surface area contributed by atoms with Gasteiger partial charge in [-0.15, -0.1) is 0 Å². The minimum atomic E-state index is 0.217. The maximum Gasteiger partial charge on any atom is 0.224 e. The van der Waals surface area contributed by atoms with Crippen LogP contribution in [-0.4, -0.2) is 31.4 Å². The Morgan fingerprint density at radius 2 is 2.21 bits per heavy atom. The molecule has 2 rings (SSSR count). The highest BCUT2D eigenvalue weighted by molar-refractivity contribution is 7.98. The van der Waals surface area contributed by atoms with Gasteiger partial charge in [-0.25, -0.2) is 4.98 Å². The van der Waals surface area contributed by atoms with Gasteiger partial charge >= 0.3 is 0 Å². The zero-order valence-electron chi connectivity index (χ0n) is 7.43. The van der Waals surface area contributed by atoms with Crippen LogP contribution in [0, 0.1) is 0 Å². The van der Waals surface area contributed by atoms with Gasteiger partial charge in [0, 0.05) is 6.20 Å². The van der Waals surface area contributed by atoms with E-state index in [4.69, 9.17) is 5.73 Å². The average molecular weight is 208 g/mol. The van der Waals surface area contributed by atoms with E-state index in [1.165, 1.54) is 11.8 Å². The van der Waals surface area contributed by atoms with Crippen molar-refractivity contribution < 1.29 is 0 Å². The van der Waals surface area contributed by atoms with E-state index in [1.807, 2.05) is 6.26 Å². The Morgan fingerprint density at radius 1 is 1.36 bits per heavy atom. The zero-order valence-corrected chi connectivity index (χ0v) is 8.25. The van der Waals surface area contributed by atoms with E-state index < -0.39 is 0 Å². The number of hydrogen-bond acceptors (Lipinski definition) is 6. The van der Waals surface area contributed by atoms with Crippen LogP contribution in [0.1, 0.15) is 0 Å². The third kappa shape index (κ3) is 1.67. The first-order chi connectivity index (χ1) is 6.79. The molecule has 0 radical (unpaired) electrons. The van der Waals surface area contributed by atoms with Crippen LogP contribution < -0.4 is 5.73 Å². The van der Waals surface area contributed by atoms with Crippen molar-refractivity contribution >= 4 is 17.7 Å². The number of H-pyrrole nitrogens is 1. The molecule has 0 aliphatic carbocycles. The third-order valence-corrected chi connectivity index (χ3v) is 2.10. The first kappa shape index (κ1) is 8.95. The van der Waals surface area contributed by atoms with Crippen molar-refractivity contribution in [2.45, 2.75) is 5.16 Å². The van der Waals surface area contributed by atoms with Crippen molar-refractivity contribution in [2.24, 2.45) is 0 Å². The topological polar surface area (TPSA) is 93.4 Å². The van der Waals surface area contributed by atoms with E-state index in [0.717, 1.165) is 5.69 Å². The van der Waals surface area contributed by atoms with E-state index in [9.17, 15) is 0 Å². The number of nitrogens with zero attached hydrogens (tertiary/aromatic N) is 4. The van der Waals surface area contributed by atoms with Crippen LogP contribution in [0.2, 0.25) is 0 Å². The van der Waals surface area contributed by atoms with Crippen LogP contribution in [-0.2, 0) is 0 Å². The monoisotopic (exact) mass is 208 g/mol. The van der Waals surface area contributed by atoms with Crippen molar-refractivity contribution in [3.63, 3.8) is 0 Å². The molecule has 0 aliphatic rings. The van der Waals surface area contributed by atoms with Gasteiger partial charge in [0.25, 0.3) is 0 Å². The number of hydrogen-bond donors (Lipinski definition) is 2.